The summed E-state index contributed by atoms with van der Waals surface area (Å²) >= 11 is 0. The van der Waals surface area contributed by atoms with E-state index >= 15 is 0 Å². The van der Waals surface area contributed by atoms with Gasteiger partial charge in [-0.2, -0.15) is 0 Å². The number of urea groups is 1. The number of aromatic nitrogens is 3. The molecule has 86 valence electrons. The Morgan fingerprint density at radius 2 is 2.06 bits per heavy atom. The average molecular weight is 229 g/mol. The maximum absolute atomic E-state index is 11.6. The summed E-state index contributed by atoms with van der Waals surface area (Å²) in [6.07, 6.45) is 6.14. The van der Waals surface area contributed by atoms with Crippen LogP contribution in [-0.2, 0) is 0 Å². The van der Waals surface area contributed by atoms with Crippen LogP contribution < -0.4 is 10.6 Å². The lowest BCUT2D eigenvalue weighted by Gasteiger charge is -2.06. The molecule has 0 unspecified atom stereocenters. The number of rotatable bonds is 2. The molecular weight excluding hydrogens is 218 g/mol. The van der Waals surface area contributed by atoms with Crippen LogP contribution in [0.1, 0.15) is 5.69 Å². The van der Waals surface area contributed by atoms with E-state index in [1.54, 1.807) is 18.3 Å². The molecule has 6 nitrogen and oxygen atoms in total. The Morgan fingerprint density at radius 1 is 1.18 bits per heavy atom. The molecule has 0 radical (unpaired) electrons. The highest BCUT2D eigenvalue weighted by Crippen LogP contribution is 2.07. The Balaban J connectivity index is 1.98. The molecule has 0 bridgehead atoms. The van der Waals surface area contributed by atoms with Gasteiger partial charge in [0, 0.05) is 30.0 Å². The fourth-order valence-electron chi connectivity index (χ4n) is 1.27. The summed E-state index contributed by atoms with van der Waals surface area (Å²) in [5.41, 5.74) is 1.51. The van der Waals surface area contributed by atoms with Gasteiger partial charge in [-0.3, -0.25) is 15.3 Å². The van der Waals surface area contributed by atoms with E-state index in [0.29, 0.717) is 11.5 Å². The SMILES string of the molecule is Cc1cc(NC(=O)Nc2cnccn2)ccn1. The smallest absolute Gasteiger partial charge is 0.308 e. The topological polar surface area (TPSA) is 79.8 Å². The van der Waals surface area contributed by atoms with Gasteiger partial charge in [0.2, 0.25) is 0 Å². The highest BCUT2D eigenvalue weighted by Gasteiger charge is 2.03. The van der Waals surface area contributed by atoms with Crippen molar-refractivity contribution in [3.63, 3.8) is 0 Å². The molecule has 2 aromatic rings. The number of amides is 2. The highest BCUT2D eigenvalue weighted by atomic mass is 16.2. The van der Waals surface area contributed by atoms with Gasteiger partial charge in [0.1, 0.15) is 0 Å². The van der Waals surface area contributed by atoms with Crippen molar-refractivity contribution >= 4 is 17.5 Å². The van der Waals surface area contributed by atoms with Crippen molar-refractivity contribution in [3.8, 4) is 0 Å². The molecule has 0 aliphatic heterocycles. The third-order valence-corrected chi connectivity index (χ3v) is 1.96. The molecule has 0 aliphatic carbocycles. The third-order valence-electron chi connectivity index (χ3n) is 1.96. The Kier molecular flexibility index (Phi) is 3.25. The quantitative estimate of drug-likeness (QED) is 0.823. The van der Waals surface area contributed by atoms with Crippen LogP contribution in [0.5, 0.6) is 0 Å². The molecule has 2 heterocycles. The van der Waals surface area contributed by atoms with E-state index in [9.17, 15) is 4.79 Å². The van der Waals surface area contributed by atoms with Crippen LogP contribution in [0.4, 0.5) is 16.3 Å². The van der Waals surface area contributed by atoms with Crippen LogP contribution in [-0.4, -0.2) is 21.0 Å². The Labute approximate surface area is 98.1 Å². The first-order valence-electron chi connectivity index (χ1n) is 5.01. The monoisotopic (exact) mass is 229 g/mol. The minimum Gasteiger partial charge on any atom is -0.308 e. The van der Waals surface area contributed by atoms with E-state index in [1.165, 1.54) is 18.6 Å². The van der Waals surface area contributed by atoms with E-state index in [2.05, 4.69) is 25.6 Å². The molecule has 2 rings (SSSR count). The van der Waals surface area contributed by atoms with Crippen molar-refractivity contribution in [1.82, 2.24) is 15.0 Å². The lowest BCUT2D eigenvalue weighted by molar-refractivity contribution is 0.262. The van der Waals surface area contributed by atoms with Crippen molar-refractivity contribution in [2.45, 2.75) is 6.92 Å². The van der Waals surface area contributed by atoms with Crippen LogP contribution in [0, 0.1) is 6.92 Å². The lowest BCUT2D eigenvalue weighted by Crippen LogP contribution is -2.20. The first-order chi connectivity index (χ1) is 8.24. The van der Waals surface area contributed by atoms with Crippen LogP contribution in [0.25, 0.3) is 0 Å². The number of nitrogens with zero attached hydrogens (tertiary/aromatic N) is 3. The maximum Gasteiger partial charge on any atom is 0.324 e. The van der Waals surface area contributed by atoms with Gasteiger partial charge in [0.25, 0.3) is 0 Å². The fraction of sp³-hybridized carbons (Fsp3) is 0.0909. The van der Waals surface area contributed by atoms with E-state index in [-0.39, 0.29) is 6.03 Å². The van der Waals surface area contributed by atoms with E-state index < -0.39 is 0 Å². The van der Waals surface area contributed by atoms with Crippen LogP contribution in [0.2, 0.25) is 0 Å². The first kappa shape index (κ1) is 11.0. The summed E-state index contributed by atoms with van der Waals surface area (Å²) < 4.78 is 0. The van der Waals surface area contributed by atoms with Crippen LogP contribution in [0.15, 0.2) is 36.9 Å². The number of carbonyl (C=O) groups is 1. The van der Waals surface area contributed by atoms with Crippen molar-refractivity contribution in [2.24, 2.45) is 0 Å². The second-order valence-electron chi connectivity index (χ2n) is 3.36. The third kappa shape index (κ3) is 3.23. The van der Waals surface area contributed by atoms with Gasteiger partial charge in [0.05, 0.1) is 6.20 Å². The van der Waals surface area contributed by atoms with Crippen molar-refractivity contribution in [2.75, 3.05) is 10.6 Å². The van der Waals surface area contributed by atoms with Gasteiger partial charge >= 0.3 is 6.03 Å². The Morgan fingerprint density at radius 3 is 2.76 bits per heavy atom. The van der Waals surface area contributed by atoms with E-state index in [4.69, 9.17) is 0 Å². The fourth-order valence-corrected chi connectivity index (χ4v) is 1.27. The van der Waals surface area contributed by atoms with Gasteiger partial charge in [-0.05, 0) is 19.1 Å². The number of carbonyl (C=O) groups excluding carboxylic acids is 1. The van der Waals surface area contributed by atoms with Crippen LogP contribution in [0.3, 0.4) is 0 Å². The van der Waals surface area contributed by atoms with Gasteiger partial charge in [-0.15, -0.1) is 0 Å². The summed E-state index contributed by atoms with van der Waals surface area (Å²) in [7, 11) is 0. The number of hydrogen-bond donors (Lipinski definition) is 2. The van der Waals surface area contributed by atoms with Gasteiger partial charge in [0.15, 0.2) is 5.82 Å². The maximum atomic E-state index is 11.6. The molecule has 6 heteroatoms. The molecule has 0 aromatic carbocycles. The average Bonchev–Trinajstić information content (AvgIpc) is 2.30. The number of pyridine rings is 1. The predicted octanol–water partition coefficient (Wildman–Crippen LogP) is 1.82. The predicted molar refractivity (Wildman–Crippen MR) is 63.6 cm³/mol. The zero-order chi connectivity index (χ0) is 12.1. The number of aryl methyl sites for hydroxylation is 1. The number of nitrogens with one attached hydrogen (secondary N) is 2. The molecule has 0 saturated carbocycles. The van der Waals surface area contributed by atoms with Gasteiger partial charge < -0.3 is 5.32 Å². The largest absolute Gasteiger partial charge is 0.324 e. The molecule has 2 N–H and O–H groups in total. The molecule has 0 fully saturated rings. The second kappa shape index (κ2) is 5.02. The van der Waals surface area contributed by atoms with Crippen LogP contribution >= 0.6 is 0 Å². The summed E-state index contributed by atoms with van der Waals surface area (Å²) in [6.45, 7) is 1.85. The standard InChI is InChI=1S/C11H11N5O/c1-8-6-9(2-3-13-8)15-11(17)16-10-7-12-4-5-14-10/h2-7H,1H3,(H2,13,14,15,16,17). The van der Waals surface area contributed by atoms with Crippen molar-refractivity contribution < 1.29 is 4.79 Å². The highest BCUT2D eigenvalue weighted by molar-refractivity contribution is 5.98. The first-order valence-corrected chi connectivity index (χ1v) is 5.01. The van der Waals surface area contributed by atoms with E-state index in [0.717, 1.165) is 5.69 Å². The molecule has 0 aliphatic rings. The zero-order valence-corrected chi connectivity index (χ0v) is 9.21. The molecule has 2 amide bonds. The summed E-state index contributed by atoms with van der Waals surface area (Å²) in [5, 5.41) is 5.24. The normalized spacial score (nSPS) is 9.71. The number of anilines is 2. The summed E-state index contributed by atoms with van der Waals surface area (Å²) in [6, 6.07) is 3.12. The van der Waals surface area contributed by atoms with Gasteiger partial charge in [-0.1, -0.05) is 0 Å². The molecule has 2 aromatic heterocycles. The Bertz CT molecular complexity index is 514. The minimum atomic E-state index is -0.365. The molecule has 0 saturated heterocycles. The summed E-state index contributed by atoms with van der Waals surface area (Å²) in [4.78, 5) is 23.4. The van der Waals surface area contributed by atoms with Crippen molar-refractivity contribution in [3.05, 3.63) is 42.6 Å². The zero-order valence-electron chi connectivity index (χ0n) is 9.21. The minimum absolute atomic E-state index is 0.365. The molecular formula is C11H11N5O. The lowest BCUT2D eigenvalue weighted by atomic mass is 10.3. The molecule has 0 atom stereocenters. The van der Waals surface area contributed by atoms with Crippen molar-refractivity contribution in [1.29, 1.82) is 0 Å². The summed E-state index contributed by atoms with van der Waals surface area (Å²) in [5.74, 6) is 0.399. The molecule has 0 spiro atoms. The molecule has 17 heavy (non-hydrogen) atoms. The second-order valence-corrected chi connectivity index (χ2v) is 3.36. The number of hydrogen-bond acceptors (Lipinski definition) is 4. The van der Waals surface area contributed by atoms with E-state index in [1.807, 2.05) is 6.92 Å². The van der Waals surface area contributed by atoms with Gasteiger partial charge in [-0.25, -0.2) is 9.78 Å². The Hall–Kier alpha value is -2.50.